The second-order valence-corrected chi connectivity index (χ2v) is 4.82. The lowest BCUT2D eigenvalue weighted by atomic mass is 9.95. The van der Waals surface area contributed by atoms with Crippen molar-refractivity contribution in [2.75, 3.05) is 0 Å². The van der Waals surface area contributed by atoms with E-state index in [0.717, 1.165) is 5.56 Å². The molecule has 0 radical (unpaired) electrons. The molecule has 4 heteroatoms. The smallest absolute Gasteiger partial charge is 0.342 e. The standard InChI is InChI=1S/C17H15NO3/c1-17(20,15-9-7-13(11-18)8-10-15)16(19)21-12-14-5-3-2-4-6-14/h2-10,20H,12H2,1H3. The number of benzene rings is 2. The summed E-state index contributed by atoms with van der Waals surface area (Å²) in [6.07, 6.45) is 0. The van der Waals surface area contributed by atoms with Crippen LogP contribution >= 0.6 is 0 Å². The van der Waals surface area contributed by atoms with Crippen LogP contribution in [-0.4, -0.2) is 11.1 Å². The van der Waals surface area contributed by atoms with E-state index in [-0.39, 0.29) is 6.61 Å². The normalized spacial score (nSPS) is 13.0. The fourth-order valence-corrected chi connectivity index (χ4v) is 1.85. The van der Waals surface area contributed by atoms with Gasteiger partial charge in [-0.05, 0) is 30.2 Å². The molecule has 0 amide bonds. The topological polar surface area (TPSA) is 70.3 Å². The molecule has 2 rings (SSSR count). The van der Waals surface area contributed by atoms with E-state index < -0.39 is 11.6 Å². The van der Waals surface area contributed by atoms with Gasteiger partial charge >= 0.3 is 5.97 Å². The summed E-state index contributed by atoms with van der Waals surface area (Å²) in [4.78, 5) is 12.1. The fraction of sp³-hybridized carbons (Fsp3) is 0.176. The van der Waals surface area contributed by atoms with Gasteiger partial charge in [-0.25, -0.2) is 4.79 Å². The van der Waals surface area contributed by atoms with E-state index >= 15 is 0 Å². The highest BCUT2D eigenvalue weighted by Gasteiger charge is 2.34. The fourth-order valence-electron chi connectivity index (χ4n) is 1.85. The molecule has 0 aliphatic carbocycles. The Morgan fingerprint density at radius 2 is 1.81 bits per heavy atom. The SMILES string of the molecule is CC(O)(C(=O)OCc1ccccc1)c1ccc(C#N)cc1. The largest absolute Gasteiger partial charge is 0.458 e. The number of nitrogens with zero attached hydrogens (tertiary/aromatic N) is 1. The van der Waals surface area contributed by atoms with Crippen molar-refractivity contribution in [3.63, 3.8) is 0 Å². The van der Waals surface area contributed by atoms with E-state index in [1.807, 2.05) is 36.4 Å². The van der Waals surface area contributed by atoms with E-state index in [0.29, 0.717) is 11.1 Å². The van der Waals surface area contributed by atoms with Gasteiger partial charge in [0.05, 0.1) is 11.6 Å². The molecule has 0 bridgehead atoms. The average molecular weight is 281 g/mol. The van der Waals surface area contributed by atoms with Gasteiger partial charge in [0.1, 0.15) is 6.61 Å². The molecule has 106 valence electrons. The van der Waals surface area contributed by atoms with Crippen molar-refractivity contribution < 1.29 is 14.6 Å². The Morgan fingerprint density at radius 3 is 2.38 bits per heavy atom. The Balaban J connectivity index is 2.07. The first-order valence-corrected chi connectivity index (χ1v) is 6.48. The van der Waals surface area contributed by atoms with Crippen LogP contribution in [0.25, 0.3) is 0 Å². The monoisotopic (exact) mass is 281 g/mol. The van der Waals surface area contributed by atoms with Crippen molar-refractivity contribution in [3.8, 4) is 6.07 Å². The molecule has 0 heterocycles. The molecule has 0 aliphatic rings. The molecule has 4 nitrogen and oxygen atoms in total. The number of aliphatic hydroxyl groups is 1. The summed E-state index contributed by atoms with van der Waals surface area (Å²) in [5.41, 5.74) is -0.0452. The van der Waals surface area contributed by atoms with Gasteiger partial charge in [0, 0.05) is 0 Å². The van der Waals surface area contributed by atoms with Crippen molar-refractivity contribution in [2.45, 2.75) is 19.1 Å². The third-order valence-electron chi connectivity index (χ3n) is 3.19. The minimum atomic E-state index is -1.75. The van der Waals surface area contributed by atoms with Crippen molar-refractivity contribution in [2.24, 2.45) is 0 Å². The number of hydrogen-bond acceptors (Lipinski definition) is 4. The Kier molecular flexibility index (Phi) is 4.36. The van der Waals surface area contributed by atoms with Gasteiger partial charge in [0.25, 0.3) is 0 Å². The summed E-state index contributed by atoms with van der Waals surface area (Å²) in [6, 6.07) is 17.4. The first-order valence-electron chi connectivity index (χ1n) is 6.48. The van der Waals surface area contributed by atoms with Crippen molar-refractivity contribution in [1.82, 2.24) is 0 Å². The maximum Gasteiger partial charge on any atom is 0.342 e. The van der Waals surface area contributed by atoms with Crippen LogP contribution in [0, 0.1) is 11.3 Å². The van der Waals surface area contributed by atoms with Gasteiger partial charge in [-0.2, -0.15) is 5.26 Å². The zero-order chi connectivity index (χ0) is 15.3. The van der Waals surface area contributed by atoms with Gasteiger partial charge in [-0.1, -0.05) is 42.5 Å². The number of carbonyl (C=O) groups excluding carboxylic acids is 1. The van der Waals surface area contributed by atoms with E-state index in [2.05, 4.69) is 0 Å². The highest BCUT2D eigenvalue weighted by molar-refractivity contribution is 5.80. The predicted molar refractivity (Wildman–Crippen MR) is 77.0 cm³/mol. The molecule has 1 atom stereocenters. The van der Waals surface area contributed by atoms with Crippen LogP contribution in [0.4, 0.5) is 0 Å². The van der Waals surface area contributed by atoms with Crippen LogP contribution in [0.2, 0.25) is 0 Å². The summed E-state index contributed by atoms with van der Waals surface area (Å²) >= 11 is 0. The summed E-state index contributed by atoms with van der Waals surface area (Å²) in [5, 5.41) is 19.1. The summed E-state index contributed by atoms with van der Waals surface area (Å²) in [5.74, 6) is -0.726. The Morgan fingerprint density at radius 1 is 1.19 bits per heavy atom. The molecule has 2 aromatic carbocycles. The highest BCUT2D eigenvalue weighted by Crippen LogP contribution is 2.23. The van der Waals surface area contributed by atoms with Crippen molar-refractivity contribution in [3.05, 3.63) is 71.3 Å². The van der Waals surface area contributed by atoms with Crippen molar-refractivity contribution in [1.29, 1.82) is 5.26 Å². The number of carbonyl (C=O) groups is 1. The molecule has 1 N–H and O–H groups in total. The van der Waals surface area contributed by atoms with Crippen LogP contribution < -0.4 is 0 Å². The molecule has 2 aromatic rings. The maximum atomic E-state index is 12.1. The molecule has 21 heavy (non-hydrogen) atoms. The summed E-state index contributed by atoms with van der Waals surface area (Å²) in [6.45, 7) is 1.48. The second kappa shape index (κ2) is 6.21. The number of ether oxygens (including phenoxy) is 1. The Hall–Kier alpha value is -2.64. The Labute approximate surface area is 123 Å². The van der Waals surface area contributed by atoms with Crippen LogP contribution in [0.3, 0.4) is 0 Å². The van der Waals surface area contributed by atoms with E-state index in [1.54, 1.807) is 24.3 Å². The maximum absolute atomic E-state index is 12.1. The van der Waals surface area contributed by atoms with Gasteiger partial charge in [-0.15, -0.1) is 0 Å². The number of rotatable bonds is 4. The lowest BCUT2D eigenvalue weighted by Crippen LogP contribution is -2.34. The molecular weight excluding hydrogens is 266 g/mol. The van der Waals surface area contributed by atoms with E-state index in [4.69, 9.17) is 10.00 Å². The molecule has 0 spiro atoms. The minimum Gasteiger partial charge on any atom is -0.458 e. The van der Waals surface area contributed by atoms with Gasteiger partial charge in [0.15, 0.2) is 5.60 Å². The van der Waals surface area contributed by atoms with Crippen LogP contribution in [0.1, 0.15) is 23.6 Å². The van der Waals surface area contributed by atoms with Gasteiger partial charge in [-0.3, -0.25) is 0 Å². The zero-order valence-electron chi connectivity index (χ0n) is 11.6. The molecule has 0 fully saturated rings. The first-order chi connectivity index (χ1) is 10.0. The van der Waals surface area contributed by atoms with E-state index in [1.165, 1.54) is 6.92 Å². The number of nitriles is 1. The van der Waals surface area contributed by atoms with E-state index in [9.17, 15) is 9.90 Å². The lowest BCUT2D eigenvalue weighted by molar-refractivity contribution is -0.166. The average Bonchev–Trinajstić information content (AvgIpc) is 2.53. The molecule has 1 unspecified atom stereocenters. The van der Waals surface area contributed by atoms with Crippen LogP contribution in [-0.2, 0) is 21.7 Å². The van der Waals surface area contributed by atoms with Crippen molar-refractivity contribution >= 4 is 5.97 Å². The number of hydrogen-bond donors (Lipinski definition) is 1. The number of esters is 1. The van der Waals surface area contributed by atoms with Gasteiger partial charge in [0.2, 0.25) is 0 Å². The lowest BCUT2D eigenvalue weighted by Gasteiger charge is -2.21. The van der Waals surface area contributed by atoms with Crippen LogP contribution in [0.15, 0.2) is 54.6 Å². The van der Waals surface area contributed by atoms with Crippen LogP contribution in [0.5, 0.6) is 0 Å². The summed E-state index contributed by atoms with van der Waals surface area (Å²) in [7, 11) is 0. The first kappa shape index (κ1) is 14.8. The Bertz CT molecular complexity index is 655. The zero-order valence-corrected chi connectivity index (χ0v) is 11.6. The minimum absolute atomic E-state index is 0.103. The quantitative estimate of drug-likeness (QED) is 0.874. The summed E-state index contributed by atoms with van der Waals surface area (Å²) < 4.78 is 5.15. The molecule has 0 saturated carbocycles. The van der Waals surface area contributed by atoms with Gasteiger partial charge < -0.3 is 9.84 Å². The molecule has 0 aliphatic heterocycles. The highest BCUT2D eigenvalue weighted by atomic mass is 16.5. The third-order valence-corrected chi connectivity index (χ3v) is 3.19. The molecule has 0 aromatic heterocycles. The predicted octanol–water partition coefficient (Wildman–Crippen LogP) is 2.51. The second-order valence-electron chi connectivity index (χ2n) is 4.82. The third kappa shape index (κ3) is 3.47. The molecular formula is C17H15NO3. The molecule has 0 saturated heterocycles.